The third-order valence-corrected chi connectivity index (χ3v) is 3.54. The monoisotopic (exact) mass is 258 g/mol. The van der Waals surface area contributed by atoms with E-state index in [0.29, 0.717) is 11.3 Å². The van der Waals surface area contributed by atoms with Crippen molar-refractivity contribution in [2.24, 2.45) is 5.73 Å². The Hall–Kier alpha value is -1.94. The topological polar surface area (TPSA) is 69.1 Å². The number of carbonyl (C=O) groups excluding carboxylic acids is 1. The molecule has 0 saturated heterocycles. The maximum absolute atomic E-state index is 11.4. The van der Waals surface area contributed by atoms with E-state index in [1.165, 1.54) is 17.3 Å². The molecule has 0 fully saturated rings. The van der Waals surface area contributed by atoms with Gasteiger partial charge in [-0.3, -0.25) is 4.79 Å². The fourth-order valence-corrected chi connectivity index (χ4v) is 2.75. The molecule has 0 bridgehead atoms. The first kappa shape index (κ1) is 12.5. The van der Waals surface area contributed by atoms with Gasteiger partial charge in [-0.1, -0.05) is 29.5 Å². The van der Waals surface area contributed by atoms with Crippen LogP contribution in [0.4, 0.5) is 5.69 Å². The number of carbonyl (C=O) groups is 1. The number of rotatable bonds is 3. The Bertz CT molecular complexity index is 596. The largest absolute Gasteiger partial charge is 0.399 e. The molecule has 0 unspecified atom stereocenters. The van der Waals surface area contributed by atoms with Gasteiger partial charge in [-0.05, 0) is 37.3 Å². The molecule has 0 aliphatic carbocycles. The van der Waals surface area contributed by atoms with Crippen LogP contribution < -0.4 is 11.5 Å². The van der Waals surface area contributed by atoms with E-state index in [-0.39, 0.29) is 0 Å². The second-order valence-electron chi connectivity index (χ2n) is 4.04. The summed E-state index contributed by atoms with van der Waals surface area (Å²) in [5.41, 5.74) is 13.4. The molecule has 2 aromatic rings. The average molecular weight is 258 g/mol. The Morgan fingerprint density at radius 3 is 2.61 bits per heavy atom. The van der Waals surface area contributed by atoms with E-state index in [0.717, 1.165) is 9.79 Å². The molecule has 0 heterocycles. The first-order valence-corrected chi connectivity index (χ1v) is 6.32. The molecule has 4 N–H and O–H groups in total. The Kier molecular flexibility index (Phi) is 3.58. The number of benzene rings is 2. The minimum Gasteiger partial charge on any atom is -0.399 e. The summed E-state index contributed by atoms with van der Waals surface area (Å²) in [7, 11) is 0. The van der Waals surface area contributed by atoms with Crippen LogP contribution in [0.15, 0.2) is 52.3 Å². The third kappa shape index (κ3) is 2.84. The van der Waals surface area contributed by atoms with Crippen LogP contribution in [0.5, 0.6) is 0 Å². The number of hydrogen-bond donors (Lipinski definition) is 2. The van der Waals surface area contributed by atoms with Gasteiger partial charge in [-0.25, -0.2) is 0 Å². The summed E-state index contributed by atoms with van der Waals surface area (Å²) < 4.78 is 0. The van der Waals surface area contributed by atoms with Crippen molar-refractivity contribution in [1.82, 2.24) is 0 Å². The van der Waals surface area contributed by atoms with E-state index in [4.69, 9.17) is 11.5 Å². The average Bonchev–Trinajstić information content (AvgIpc) is 2.28. The number of primary amides is 1. The maximum Gasteiger partial charge on any atom is 0.249 e. The van der Waals surface area contributed by atoms with Crippen LogP contribution in [0.1, 0.15) is 15.9 Å². The molecule has 3 nitrogen and oxygen atoms in total. The fourth-order valence-electron chi connectivity index (χ4n) is 1.63. The Balaban J connectivity index is 2.39. The molecule has 4 heteroatoms. The molecule has 2 aromatic carbocycles. The van der Waals surface area contributed by atoms with Crippen LogP contribution in [0, 0.1) is 6.92 Å². The molecule has 0 aliphatic heterocycles. The van der Waals surface area contributed by atoms with Gasteiger partial charge in [0.1, 0.15) is 0 Å². The van der Waals surface area contributed by atoms with Crippen LogP contribution in [0.25, 0.3) is 0 Å². The Morgan fingerprint density at radius 2 is 1.94 bits per heavy atom. The highest BCUT2D eigenvalue weighted by atomic mass is 32.2. The normalized spacial score (nSPS) is 10.3. The molecular weight excluding hydrogens is 244 g/mol. The predicted octanol–water partition coefficient (Wildman–Crippen LogP) is 2.83. The van der Waals surface area contributed by atoms with Crippen LogP contribution in [0.3, 0.4) is 0 Å². The van der Waals surface area contributed by atoms with Crippen molar-refractivity contribution in [1.29, 1.82) is 0 Å². The molecule has 2 rings (SSSR count). The van der Waals surface area contributed by atoms with Crippen LogP contribution in [-0.2, 0) is 0 Å². The molecule has 0 aromatic heterocycles. The van der Waals surface area contributed by atoms with E-state index < -0.39 is 5.91 Å². The van der Waals surface area contributed by atoms with Gasteiger partial charge in [-0.15, -0.1) is 0 Å². The third-order valence-electron chi connectivity index (χ3n) is 2.49. The maximum atomic E-state index is 11.4. The zero-order valence-corrected chi connectivity index (χ0v) is 10.8. The van der Waals surface area contributed by atoms with Crippen molar-refractivity contribution in [3.05, 3.63) is 53.6 Å². The highest BCUT2D eigenvalue weighted by molar-refractivity contribution is 7.99. The predicted molar refractivity (Wildman–Crippen MR) is 74.7 cm³/mol. The zero-order chi connectivity index (χ0) is 13.1. The van der Waals surface area contributed by atoms with Crippen molar-refractivity contribution < 1.29 is 4.79 Å². The molecular formula is C14H14N2OS. The highest BCUT2D eigenvalue weighted by Gasteiger charge is 2.09. The summed E-state index contributed by atoms with van der Waals surface area (Å²) >= 11 is 1.49. The molecule has 1 amide bonds. The van der Waals surface area contributed by atoms with Crippen LogP contribution >= 0.6 is 11.8 Å². The molecule has 0 radical (unpaired) electrons. The van der Waals surface area contributed by atoms with Crippen LogP contribution in [0.2, 0.25) is 0 Å². The highest BCUT2D eigenvalue weighted by Crippen LogP contribution is 2.32. The fraction of sp³-hybridized carbons (Fsp3) is 0.0714. The summed E-state index contributed by atoms with van der Waals surface area (Å²) in [6, 6.07) is 13.2. The van der Waals surface area contributed by atoms with Gasteiger partial charge in [0, 0.05) is 15.5 Å². The van der Waals surface area contributed by atoms with Gasteiger partial charge in [-0.2, -0.15) is 0 Å². The van der Waals surface area contributed by atoms with Crippen molar-refractivity contribution in [2.75, 3.05) is 5.73 Å². The lowest BCUT2D eigenvalue weighted by atomic mass is 10.2. The Morgan fingerprint density at radius 1 is 1.17 bits per heavy atom. The summed E-state index contributed by atoms with van der Waals surface area (Å²) in [6.45, 7) is 2.03. The first-order valence-electron chi connectivity index (χ1n) is 5.50. The van der Waals surface area contributed by atoms with Crippen molar-refractivity contribution in [3.8, 4) is 0 Å². The van der Waals surface area contributed by atoms with Gasteiger partial charge in [0.15, 0.2) is 0 Å². The summed E-state index contributed by atoms with van der Waals surface area (Å²) in [5, 5.41) is 0. The van der Waals surface area contributed by atoms with E-state index in [9.17, 15) is 4.79 Å². The molecule has 0 spiro atoms. The molecule has 0 aliphatic rings. The van der Waals surface area contributed by atoms with Gasteiger partial charge in [0.2, 0.25) is 5.91 Å². The van der Waals surface area contributed by atoms with Gasteiger partial charge >= 0.3 is 0 Å². The first-order chi connectivity index (χ1) is 8.56. The minimum atomic E-state index is -0.440. The zero-order valence-electron chi connectivity index (χ0n) is 10.0. The standard InChI is InChI=1S/C14H14N2OS/c1-9-3-2-4-11(7-9)18-13-8-10(15)5-6-12(13)14(16)17/h2-8H,15H2,1H3,(H2,16,17). The number of anilines is 1. The smallest absolute Gasteiger partial charge is 0.249 e. The molecule has 92 valence electrons. The lowest BCUT2D eigenvalue weighted by molar-refractivity contribution is 0.0997. The van der Waals surface area contributed by atoms with Crippen LogP contribution in [-0.4, -0.2) is 5.91 Å². The Labute approximate surface area is 110 Å². The van der Waals surface area contributed by atoms with Gasteiger partial charge in [0.25, 0.3) is 0 Å². The van der Waals surface area contributed by atoms with E-state index in [2.05, 4.69) is 6.07 Å². The second kappa shape index (κ2) is 5.14. The van der Waals surface area contributed by atoms with Crippen molar-refractivity contribution in [3.63, 3.8) is 0 Å². The van der Waals surface area contributed by atoms with E-state index in [1.807, 2.05) is 25.1 Å². The number of hydrogen-bond acceptors (Lipinski definition) is 3. The van der Waals surface area contributed by atoms with Gasteiger partial charge in [0.05, 0.1) is 5.56 Å². The van der Waals surface area contributed by atoms with Crippen molar-refractivity contribution in [2.45, 2.75) is 16.7 Å². The lowest BCUT2D eigenvalue weighted by Crippen LogP contribution is -2.12. The summed E-state index contributed by atoms with van der Waals surface area (Å²) in [4.78, 5) is 13.2. The quantitative estimate of drug-likeness (QED) is 0.832. The second-order valence-corrected chi connectivity index (χ2v) is 5.15. The molecule has 18 heavy (non-hydrogen) atoms. The number of nitrogen functional groups attached to an aromatic ring is 1. The van der Waals surface area contributed by atoms with E-state index >= 15 is 0 Å². The van der Waals surface area contributed by atoms with Crippen molar-refractivity contribution >= 4 is 23.4 Å². The number of nitrogens with two attached hydrogens (primary N) is 2. The summed E-state index contributed by atoms with van der Waals surface area (Å²) in [5.74, 6) is -0.440. The molecule has 0 atom stereocenters. The SMILES string of the molecule is Cc1cccc(Sc2cc(N)ccc2C(N)=O)c1. The minimum absolute atomic E-state index is 0.440. The number of amides is 1. The van der Waals surface area contributed by atoms with Gasteiger partial charge < -0.3 is 11.5 Å². The summed E-state index contributed by atoms with van der Waals surface area (Å²) in [6.07, 6.45) is 0. The number of aryl methyl sites for hydroxylation is 1. The lowest BCUT2D eigenvalue weighted by Gasteiger charge is -2.08. The van der Waals surface area contributed by atoms with E-state index in [1.54, 1.807) is 18.2 Å². The molecule has 0 saturated carbocycles.